The molecule has 0 fully saturated rings. The van der Waals surface area contributed by atoms with Gasteiger partial charge in [-0.1, -0.05) is 23.7 Å². The second-order valence-corrected chi connectivity index (χ2v) is 4.93. The van der Waals surface area contributed by atoms with Gasteiger partial charge in [0.25, 0.3) is 0 Å². The maximum atomic E-state index is 13.0. The molecule has 4 heteroatoms. The van der Waals surface area contributed by atoms with Crippen molar-refractivity contribution in [3.8, 4) is 0 Å². The Hall–Kier alpha value is -1.45. The van der Waals surface area contributed by atoms with E-state index in [1.807, 2.05) is 31.2 Å². The van der Waals surface area contributed by atoms with Gasteiger partial charge < -0.3 is 5.32 Å². The van der Waals surface area contributed by atoms with Gasteiger partial charge in [0.15, 0.2) is 0 Å². The second-order valence-electron chi connectivity index (χ2n) is 4.49. The minimum atomic E-state index is -0.302. The van der Waals surface area contributed by atoms with E-state index in [1.165, 1.54) is 17.8 Å². The molecule has 0 amide bonds. The number of pyridine rings is 1. The lowest BCUT2D eigenvalue weighted by Crippen LogP contribution is -2.21. The summed E-state index contributed by atoms with van der Waals surface area (Å²) >= 11 is 5.83. The Morgan fingerprint density at radius 3 is 2.68 bits per heavy atom. The third-order valence-electron chi connectivity index (χ3n) is 3.00. The highest BCUT2D eigenvalue weighted by Gasteiger charge is 2.05. The molecule has 2 aromatic rings. The fourth-order valence-corrected chi connectivity index (χ4v) is 1.99. The molecule has 0 spiro atoms. The molecule has 100 valence electrons. The van der Waals surface area contributed by atoms with Crippen molar-refractivity contribution in [1.82, 2.24) is 10.3 Å². The maximum Gasteiger partial charge on any atom is 0.141 e. The van der Waals surface area contributed by atoms with Gasteiger partial charge in [0, 0.05) is 17.3 Å². The van der Waals surface area contributed by atoms with E-state index < -0.39 is 0 Å². The first-order valence-corrected chi connectivity index (χ1v) is 6.61. The van der Waals surface area contributed by atoms with Gasteiger partial charge in [-0.2, -0.15) is 0 Å². The van der Waals surface area contributed by atoms with Crippen LogP contribution in [0.2, 0.25) is 5.02 Å². The van der Waals surface area contributed by atoms with E-state index in [4.69, 9.17) is 11.6 Å². The van der Waals surface area contributed by atoms with Gasteiger partial charge in [0.1, 0.15) is 5.82 Å². The Kier molecular flexibility index (Phi) is 4.88. The maximum absolute atomic E-state index is 13.0. The molecule has 0 aliphatic rings. The van der Waals surface area contributed by atoms with Gasteiger partial charge in [-0.05, 0) is 49.2 Å². The highest BCUT2D eigenvalue weighted by Crippen LogP contribution is 2.13. The molecule has 0 aliphatic carbocycles. The van der Waals surface area contributed by atoms with Crippen LogP contribution in [0.1, 0.15) is 24.1 Å². The van der Waals surface area contributed by atoms with Crippen LogP contribution in [0.4, 0.5) is 4.39 Å². The predicted molar refractivity (Wildman–Crippen MR) is 75.8 cm³/mol. The summed E-state index contributed by atoms with van der Waals surface area (Å²) in [5.74, 6) is -0.302. The normalized spacial score (nSPS) is 12.4. The molecule has 0 saturated heterocycles. The van der Waals surface area contributed by atoms with Crippen LogP contribution in [-0.4, -0.2) is 11.5 Å². The minimum Gasteiger partial charge on any atom is -0.310 e. The lowest BCUT2D eigenvalue weighted by atomic mass is 10.1. The summed E-state index contributed by atoms with van der Waals surface area (Å²) in [6.45, 7) is 2.82. The van der Waals surface area contributed by atoms with Gasteiger partial charge >= 0.3 is 0 Å². The van der Waals surface area contributed by atoms with Crippen molar-refractivity contribution in [3.63, 3.8) is 0 Å². The van der Waals surface area contributed by atoms with Crippen molar-refractivity contribution in [2.75, 3.05) is 6.54 Å². The average molecular weight is 279 g/mol. The van der Waals surface area contributed by atoms with Crippen molar-refractivity contribution < 1.29 is 4.39 Å². The SMILES string of the molecule is CC(NCCc1ccc(Cl)cc1)c1cncc(F)c1. The quantitative estimate of drug-likeness (QED) is 0.901. The van der Waals surface area contributed by atoms with E-state index in [2.05, 4.69) is 10.3 Å². The molecular formula is C15H16ClFN2. The minimum absolute atomic E-state index is 0.0792. The highest BCUT2D eigenvalue weighted by molar-refractivity contribution is 6.30. The summed E-state index contributed by atoms with van der Waals surface area (Å²) in [5.41, 5.74) is 2.08. The highest BCUT2D eigenvalue weighted by atomic mass is 35.5. The van der Waals surface area contributed by atoms with Crippen LogP contribution in [0.25, 0.3) is 0 Å². The predicted octanol–water partition coefficient (Wildman–Crippen LogP) is 3.77. The fraction of sp³-hybridized carbons (Fsp3) is 0.267. The lowest BCUT2D eigenvalue weighted by molar-refractivity contribution is 0.563. The standard InChI is InChI=1S/C15H16ClFN2/c1-11(13-8-15(17)10-18-9-13)19-7-6-12-2-4-14(16)5-3-12/h2-5,8-11,19H,6-7H2,1H3. The van der Waals surface area contributed by atoms with Crippen molar-refractivity contribution in [1.29, 1.82) is 0 Å². The zero-order valence-electron chi connectivity index (χ0n) is 10.7. The van der Waals surface area contributed by atoms with E-state index in [0.717, 1.165) is 23.6 Å². The van der Waals surface area contributed by atoms with Gasteiger partial charge in [0.2, 0.25) is 0 Å². The molecule has 2 rings (SSSR count). The number of rotatable bonds is 5. The average Bonchev–Trinajstić information content (AvgIpc) is 2.41. The number of nitrogens with one attached hydrogen (secondary N) is 1. The first kappa shape index (κ1) is 14.0. The van der Waals surface area contributed by atoms with Gasteiger partial charge in [0.05, 0.1) is 6.20 Å². The summed E-state index contributed by atoms with van der Waals surface area (Å²) in [6, 6.07) is 9.38. The third-order valence-corrected chi connectivity index (χ3v) is 3.26. The molecule has 0 aliphatic heterocycles. The fourth-order valence-electron chi connectivity index (χ4n) is 1.87. The zero-order chi connectivity index (χ0) is 13.7. The van der Waals surface area contributed by atoms with Gasteiger partial charge in [-0.25, -0.2) is 4.39 Å². The molecule has 0 saturated carbocycles. The number of hydrogen-bond donors (Lipinski definition) is 1. The topological polar surface area (TPSA) is 24.9 Å². The van der Waals surface area contributed by atoms with Crippen LogP contribution in [-0.2, 0) is 6.42 Å². The van der Waals surface area contributed by atoms with E-state index in [9.17, 15) is 4.39 Å². The Morgan fingerprint density at radius 1 is 1.26 bits per heavy atom. The lowest BCUT2D eigenvalue weighted by Gasteiger charge is -2.13. The smallest absolute Gasteiger partial charge is 0.141 e. The van der Waals surface area contributed by atoms with Gasteiger partial charge in [-0.3, -0.25) is 4.98 Å². The van der Waals surface area contributed by atoms with Crippen LogP contribution in [0.15, 0.2) is 42.7 Å². The van der Waals surface area contributed by atoms with Crippen LogP contribution in [0.5, 0.6) is 0 Å². The van der Waals surface area contributed by atoms with Crippen molar-refractivity contribution >= 4 is 11.6 Å². The molecule has 1 aromatic heterocycles. The Morgan fingerprint density at radius 2 is 2.00 bits per heavy atom. The molecule has 1 unspecified atom stereocenters. The molecule has 2 nitrogen and oxygen atoms in total. The molecule has 1 atom stereocenters. The summed E-state index contributed by atoms with van der Waals surface area (Å²) in [6.07, 6.45) is 3.80. The largest absolute Gasteiger partial charge is 0.310 e. The number of nitrogens with zero attached hydrogens (tertiary/aromatic N) is 1. The van der Waals surface area contributed by atoms with Crippen LogP contribution < -0.4 is 5.32 Å². The van der Waals surface area contributed by atoms with E-state index in [-0.39, 0.29) is 11.9 Å². The zero-order valence-corrected chi connectivity index (χ0v) is 11.5. The second kappa shape index (κ2) is 6.64. The number of benzene rings is 1. The molecule has 19 heavy (non-hydrogen) atoms. The molecule has 1 N–H and O–H groups in total. The van der Waals surface area contributed by atoms with Crippen LogP contribution in [0, 0.1) is 5.82 Å². The number of aromatic nitrogens is 1. The van der Waals surface area contributed by atoms with Crippen LogP contribution >= 0.6 is 11.6 Å². The Labute approximate surface area is 117 Å². The van der Waals surface area contributed by atoms with E-state index in [1.54, 1.807) is 6.20 Å². The summed E-state index contributed by atoms with van der Waals surface area (Å²) < 4.78 is 13.0. The number of halogens is 2. The van der Waals surface area contributed by atoms with Crippen LogP contribution in [0.3, 0.4) is 0 Å². The molecule has 0 radical (unpaired) electrons. The number of hydrogen-bond acceptors (Lipinski definition) is 2. The molecule has 0 bridgehead atoms. The molecule has 1 heterocycles. The Balaban J connectivity index is 1.84. The third kappa shape index (κ3) is 4.30. The summed E-state index contributed by atoms with van der Waals surface area (Å²) in [5, 5.41) is 4.10. The van der Waals surface area contributed by atoms with Gasteiger partial charge in [-0.15, -0.1) is 0 Å². The first-order chi connectivity index (χ1) is 9.15. The summed E-state index contributed by atoms with van der Waals surface area (Å²) in [4.78, 5) is 3.85. The molecular weight excluding hydrogens is 263 g/mol. The summed E-state index contributed by atoms with van der Waals surface area (Å²) in [7, 11) is 0. The van der Waals surface area contributed by atoms with Crippen molar-refractivity contribution in [3.05, 3.63) is 64.7 Å². The van der Waals surface area contributed by atoms with E-state index in [0.29, 0.717) is 0 Å². The van der Waals surface area contributed by atoms with E-state index >= 15 is 0 Å². The van der Waals surface area contributed by atoms with Crippen molar-refractivity contribution in [2.24, 2.45) is 0 Å². The first-order valence-electron chi connectivity index (χ1n) is 6.23. The monoisotopic (exact) mass is 278 g/mol. The Bertz CT molecular complexity index is 528. The molecule has 1 aromatic carbocycles. The van der Waals surface area contributed by atoms with Crippen molar-refractivity contribution in [2.45, 2.75) is 19.4 Å².